The molecule has 0 bridgehead atoms. The molecule has 0 aromatic rings. The fourth-order valence-electron chi connectivity index (χ4n) is 1.61. The van der Waals surface area contributed by atoms with Crippen LogP contribution in [0.15, 0.2) is 0 Å². The molecule has 79 valence electrons. The van der Waals surface area contributed by atoms with Crippen molar-refractivity contribution in [1.82, 2.24) is 0 Å². The molecule has 0 fully saturated rings. The summed E-state index contributed by atoms with van der Waals surface area (Å²) in [7, 11) is 2.03. The molecule has 1 N–H and O–H groups in total. The summed E-state index contributed by atoms with van der Waals surface area (Å²) in [5.41, 5.74) is 0. The SMILES string of the molecule is CCCCCCCCCCC[NH+]C. The van der Waals surface area contributed by atoms with Gasteiger partial charge in [-0.25, -0.2) is 0 Å². The van der Waals surface area contributed by atoms with Gasteiger partial charge >= 0.3 is 0 Å². The van der Waals surface area contributed by atoms with Crippen LogP contribution in [0.5, 0.6) is 0 Å². The second-order valence-corrected chi connectivity index (χ2v) is 3.93. The van der Waals surface area contributed by atoms with Crippen LogP contribution in [0, 0.1) is 0 Å². The Morgan fingerprint density at radius 1 is 0.692 bits per heavy atom. The third kappa shape index (κ3) is 12.0. The second-order valence-electron chi connectivity index (χ2n) is 3.93. The van der Waals surface area contributed by atoms with E-state index in [1.165, 1.54) is 64.3 Å². The molecule has 0 aliphatic heterocycles. The van der Waals surface area contributed by atoms with Gasteiger partial charge in [-0.1, -0.05) is 51.9 Å². The van der Waals surface area contributed by atoms with E-state index < -0.39 is 0 Å². The maximum atomic E-state index is 3.19. The minimum Gasteiger partial charge on any atom is -0.185 e. The van der Waals surface area contributed by atoms with Crippen LogP contribution in [0.1, 0.15) is 64.7 Å². The molecule has 1 radical (unpaired) electrons. The number of hydrogen-bond acceptors (Lipinski definition) is 1. The van der Waals surface area contributed by atoms with Crippen LogP contribution < -0.4 is 5.32 Å². The van der Waals surface area contributed by atoms with Crippen molar-refractivity contribution in [3.63, 3.8) is 0 Å². The average molecular weight is 185 g/mol. The monoisotopic (exact) mass is 185 g/mol. The lowest BCUT2D eigenvalue weighted by Gasteiger charge is -1.99. The van der Waals surface area contributed by atoms with Crippen molar-refractivity contribution in [3.8, 4) is 0 Å². The molecule has 1 nitrogen and oxygen atoms in total. The van der Waals surface area contributed by atoms with E-state index in [9.17, 15) is 0 Å². The molecule has 0 aliphatic carbocycles. The summed E-state index contributed by atoms with van der Waals surface area (Å²) >= 11 is 0. The quantitative estimate of drug-likeness (QED) is 0.503. The Morgan fingerprint density at radius 2 is 1.15 bits per heavy atom. The molecule has 1 heteroatoms. The van der Waals surface area contributed by atoms with Crippen LogP contribution in [0.3, 0.4) is 0 Å². The summed E-state index contributed by atoms with van der Waals surface area (Å²) < 4.78 is 0. The first-order chi connectivity index (χ1) is 6.41. The largest absolute Gasteiger partial charge is 0.185 e. The van der Waals surface area contributed by atoms with Crippen molar-refractivity contribution in [3.05, 3.63) is 0 Å². The van der Waals surface area contributed by atoms with E-state index >= 15 is 0 Å². The zero-order valence-electron chi connectivity index (χ0n) is 9.57. The summed E-state index contributed by atoms with van der Waals surface area (Å²) in [6.07, 6.45) is 12.8. The van der Waals surface area contributed by atoms with Gasteiger partial charge in [0.1, 0.15) is 13.6 Å². The zero-order chi connectivity index (χ0) is 9.78. The number of nitrogens with one attached hydrogen (secondary N) is 1. The lowest BCUT2D eigenvalue weighted by molar-refractivity contribution is -0.627. The van der Waals surface area contributed by atoms with Crippen molar-refractivity contribution in [1.29, 1.82) is 0 Å². The van der Waals surface area contributed by atoms with Crippen LogP contribution in [-0.2, 0) is 0 Å². The van der Waals surface area contributed by atoms with E-state index in [1.807, 2.05) is 7.05 Å². The van der Waals surface area contributed by atoms with Crippen molar-refractivity contribution < 1.29 is 5.32 Å². The third-order valence-electron chi connectivity index (χ3n) is 2.53. The third-order valence-corrected chi connectivity index (χ3v) is 2.53. The predicted octanol–water partition coefficient (Wildman–Crippen LogP) is 2.50. The highest BCUT2D eigenvalue weighted by atomic mass is 14.8. The van der Waals surface area contributed by atoms with Gasteiger partial charge in [-0.3, -0.25) is 0 Å². The Hall–Kier alpha value is -0.0400. The predicted molar refractivity (Wildman–Crippen MR) is 59.0 cm³/mol. The molecule has 0 saturated heterocycles. The molecule has 0 rings (SSSR count). The maximum absolute atomic E-state index is 3.19. The first-order valence-electron chi connectivity index (χ1n) is 6.06. The van der Waals surface area contributed by atoms with Crippen LogP contribution >= 0.6 is 0 Å². The number of hydrogen-bond donors (Lipinski definition) is 1. The van der Waals surface area contributed by atoms with Crippen molar-refractivity contribution in [2.45, 2.75) is 64.7 Å². The van der Waals surface area contributed by atoms with Crippen molar-refractivity contribution >= 4 is 0 Å². The van der Waals surface area contributed by atoms with Crippen LogP contribution in [-0.4, -0.2) is 13.6 Å². The minimum atomic E-state index is 1.19. The van der Waals surface area contributed by atoms with Gasteiger partial charge in [-0.05, 0) is 6.42 Å². The van der Waals surface area contributed by atoms with E-state index in [0.29, 0.717) is 0 Å². The van der Waals surface area contributed by atoms with Crippen LogP contribution in [0.4, 0.5) is 0 Å². The summed E-state index contributed by atoms with van der Waals surface area (Å²) in [6, 6.07) is 0. The fraction of sp³-hybridized carbons (Fsp3) is 1.00. The lowest BCUT2D eigenvalue weighted by Crippen LogP contribution is -2.79. The first-order valence-corrected chi connectivity index (χ1v) is 6.06. The minimum absolute atomic E-state index is 1.19. The lowest BCUT2D eigenvalue weighted by atomic mass is 10.1. The van der Waals surface area contributed by atoms with Crippen LogP contribution in [0.25, 0.3) is 0 Å². The molecule has 0 amide bonds. The molecule has 0 atom stereocenters. The van der Waals surface area contributed by atoms with Crippen molar-refractivity contribution in [2.24, 2.45) is 0 Å². The topological polar surface area (TPSA) is 15.6 Å². The van der Waals surface area contributed by atoms with Gasteiger partial charge in [-0.15, -0.1) is 0 Å². The van der Waals surface area contributed by atoms with Gasteiger partial charge in [0.25, 0.3) is 0 Å². The highest BCUT2D eigenvalue weighted by Gasteiger charge is 1.92. The highest BCUT2D eigenvalue weighted by Crippen LogP contribution is 2.08. The van der Waals surface area contributed by atoms with Gasteiger partial charge in [0.2, 0.25) is 0 Å². The molecule has 0 saturated carbocycles. The molecular formula is C12H27N+. The fourth-order valence-corrected chi connectivity index (χ4v) is 1.61. The Kier molecular flexibility index (Phi) is 11.9. The molecule has 0 aromatic carbocycles. The van der Waals surface area contributed by atoms with E-state index in [-0.39, 0.29) is 0 Å². The van der Waals surface area contributed by atoms with Gasteiger partial charge < -0.3 is 0 Å². The van der Waals surface area contributed by atoms with Crippen molar-refractivity contribution in [2.75, 3.05) is 13.6 Å². The smallest absolute Gasteiger partial charge is 0.120 e. The van der Waals surface area contributed by atoms with Gasteiger partial charge in [0.05, 0.1) is 0 Å². The normalized spacial score (nSPS) is 10.6. The highest BCUT2D eigenvalue weighted by molar-refractivity contribution is 4.45. The molecule has 13 heavy (non-hydrogen) atoms. The molecular weight excluding hydrogens is 158 g/mol. The second kappa shape index (κ2) is 12.0. The zero-order valence-corrected chi connectivity index (χ0v) is 9.57. The number of unbranched alkanes of at least 4 members (excludes halogenated alkanes) is 8. The Morgan fingerprint density at radius 3 is 1.62 bits per heavy atom. The van der Waals surface area contributed by atoms with E-state index in [4.69, 9.17) is 0 Å². The first kappa shape index (κ1) is 13.0. The molecule has 0 aromatic heterocycles. The van der Waals surface area contributed by atoms with Gasteiger partial charge in [0, 0.05) is 6.42 Å². The van der Waals surface area contributed by atoms with Gasteiger partial charge in [0.15, 0.2) is 0 Å². The average Bonchev–Trinajstić information content (AvgIpc) is 2.16. The van der Waals surface area contributed by atoms with E-state index in [0.717, 1.165) is 0 Å². The number of rotatable bonds is 10. The summed E-state index contributed by atoms with van der Waals surface area (Å²) in [5.74, 6) is 0. The Labute approximate surface area is 84.3 Å². The summed E-state index contributed by atoms with van der Waals surface area (Å²) in [4.78, 5) is 0. The molecule has 0 spiro atoms. The standard InChI is InChI=1S/C12H27N/c1-3-4-5-6-7-8-9-10-11-12-13-2/h13H,3-12H2,1-2H3/q+1. The maximum Gasteiger partial charge on any atom is 0.120 e. The Bertz CT molecular complexity index is 71.2. The van der Waals surface area contributed by atoms with E-state index in [2.05, 4.69) is 12.2 Å². The summed E-state index contributed by atoms with van der Waals surface area (Å²) in [5, 5.41) is 3.19. The summed E-state index contributed by atoms with van der Waals surface area (Å²) in [6.45, 7) is 3.47. The van der Waals surface area contributed by atoms with Crippen LogP contribution in [0.2, 0.25) is 0 Å². The van der Waals surface area contributed by atoms with Gasteiger partial charge in [-0.2, -0.15) is 5.32 Å². The molecule has 0 unspecified atom stereocenters. The Balaban J connectivity index is 2.76. The van der Waals surface area contributed by atoms with E-state index in [1.54, 1.807) is 0 Å². The molecule has 0 heterocycles. The molecule has 0 aliphatic rings.